The highest BCUT2D eigenvalue weighted by molar-refractivity contribution is 5.41. The number of phenolic OH excluding ortho intramolecular Hbond substituents is 1. The molecule has 1 N–H and O–H groups in total. The Morgan fingerprint density at radius 2 is 2.07 bits per heavy atom. The molecule has 0 bridgehead atoms. The monoisotopic (exact) mass is 207 g/mol. The first-order chi connectivity index (χ1) is 7.02. The summed E-state index contributed by atoms with van der Waals surface area (Å²) in [5, 5.41) is 9.12. The Kier molecular flexibility index (Phi) is 3.70. The molecule has 0 aliphatic rings. The minimum Gasteiger partial charge on any atom is -0.505 e. The lowest BCUT2D eigenvalue weighted by Gasteiger charge is -2.12. The highest BCUT2D eigenvalue weighted by Crippen LogP contribution is 2.17. The maximum absolute atomic E-state index is 13.3. The number of hydrogen-bond acceptors (Lipinski definition) is 2. The summed E-state index contributed by atoms with van der Waals surface area (Å²) in [6.45, 7) is 1.92. The van der Waals surface area contributed by atoms with Gasteiger partial charge in [-0.3, -0.25) is 4.90 Å². The number of nitrogens with zero attached hydrogens (tertiary/aromatic N) is 1. The number of halogens is 1. The predicted octanol–water partition coefficient (Wildman–Crippen LogP) is 1.83. The summed E-state index contributed by atoms with van der Waals surface area (Å²) < 4.78 is 13.3. The van der Waals surface area contributed by atoms with Gasteiger partial charge >= 0.3 is 0 Å². The van der Waals surface area contributed by atoms with Gasteiger partial charge in [-0.2, -0.15) is 0 Å². The van der Waals surface area contributed by atoms with Gasteiger partial charge in [0.2, 0.25) is 0 Å². The Hall–Kier alpha value is -1.53. The Balaban J connectivity index is 2.94. The lowest BCUT2D eigenvalue weighted by molar-refractivity contribution is 0.373. The molecule has 15 heavy (non-hydrogen) atoms. The number of rotatable bonds is 1. The molecule has 0 heterocycles. The molecule has 1 rings (SSSR count). The summed E-state index contributed by atoms with van der Waals surface area (Å²) in [5.74, 6) is 4.58. The van der Waals surface area contributed by atoms with Crippen molar-refractivity contribution >= 4 is 0 Å². The first-order valence-corrected chi connectivity index (χ1v) is 4.68. The van der Waals surface area contributed by atoms with Crippen LogP contribution in [0.5, 0.6) is 5.75 Å². The van der Waals surface area contributed by atoms with Crippen LogP contribution in [0.2, 0.25) is 0 Å². The Morgan fingerprint density at radius 3 is 2.67 bits per heavy atom. The molecule has 0 aromatic heterocycles. The zero-order valence-corrected chi connectivity index (χ0v) is 9.08. The van der Waals surface area contributed by atoms with Crippen LogP contribution in [-0.4, -0.2) is 30.1 Å². The van der Waals surface area contributed by atoms with Crippen molar-refractivity contribution in [2.24, 2.45) is 0 Å². The molecule has 1 aromatic carbocycles. The third-order valence-corrected chi connectivity index (χ3v) is 2.17. The van der Waals surface area contributed by atoms with E-state index in [9.17, 15) is 4.39 Å². The second kappa shape index (κ2) is 4.81. The number of aromatic hydroxyl groups is 1. The molecule has 0 spiro atoms. The van der Waals surface area contributed by atoms with E-state index in [1.54, 1.807) is 12.1 Å². The molecule has 1 unspecified atom stereocenters. The van der Waals surface area contributed by atoms with Gasteiger partial charge in [0.15, 0.2) is 11.6 Å². The zero-order chi connectivity index (χ0) is 11.4. The fourth-order valence-electron chi connectivity index (χ4n) is 0.928. The van der Waals surface area contributed by atoms with Gasteiger partial charge in [-0.25, -0.2) is 4.39 Å². The van der Waals surface area contributed by atoms with Crippen molar-refractivity contribution < 1.29 is 9.50 Å². The molecule has 1 atom stereocenters. The normalized spacial score (nSPS) is 12.1. The smallest absolute Gasteiger partial charge is 0.180 e. The minimum atomic E-state index is -0.657. The SMILES string of the molecule is CC(C#Cc1cccc(O)c1F)N(C)C. The van der Waals surface area contributed by atoms with E-state index in [1.807, 2.05) is 25.9 Å². The van der Waals surface area contributed by atoms with Crippen LogP contribution < -0.4 is 0 Å². The van der Waals surface area contributed by atoms with Crippen LogP contribution in [0.1, 0.15) is 12.5 Å². The van der Waals surface area contributed by atoms with Gasteiger partial charge in [0.05, 0.1) is 11.6 Å². The van der Waals surface area contributed by atoms with E-state index in [2.05, 4.69) is 11.8 Å². The van der Waals surface area contributed by atoms with Crippen molar-refractivity contribution in [3.63, 3.8) is 0 Å². The number of phenols is 1. The molecule has 1 aromatic rings. The highest BCUT2D eigenvalue weighted by Gasteiger charge is 2.04. The van der Waals surface area contributed by atoms with Crippen LogP contribution in [0.3, 0.4) is 0 Å². The van der Waals surface area contributed by atoms with Crippen LogP contribution in [0.25, 0.3) is 0 Å². The summed E-state index contributed by atoms with van der Waals surface area (Å²) in [6, 6.07) is 4.47. The van der Waals surface area contributed by atoms with E-state index in [0.717, 1.165) is 0 Å². The van der Waals surface area contributed by atoms with Crippen molar-refractivity contribution in [1.82, 2.24) is 4.90 Å². The molecule has 0 saturated heterocycles. The van der Waals surface area contributed by atoms with E-state index < -0.39 is 5.82 Å². The van der Waals surface area contributed by atoms with Gasteiger partial charge in [0.1, 0.15) is 0 Å². The van der Waals surface area contributed by atoms with Crippen LogP contribution in [0.4, 0.5) is 4.39 Å². The van der Waals surface area contributed by atoms with E-state index in [4.69, 9.17) is 5.11 Å². The second-order valence-corrected chi connectivity index (χ2v) is 3.55. The summed E-state index contributed by atoms with van der Waals surface area (Å²) in [5.41, 5.74) is 0.226. The van der Waals surface area contributed by atoms with Crippen LogP contribution in [0, 0.1) is 17.7 Å². The molecule has 0 radical (unpaired) electrons. The summed E-state index contributed by atoms with van der Waals surface area (Å²) in [4.78, 5) is 1.92. The molecular formula is C12H14FNO. The summed E-state index contributed by atoms with van der Waals surface area (Å²) >= 11 is 0. The highest BCUT2D eigenvalue weighted by atomic mass is 19.1. The molecule has 0 aliphatic heterocycles. The summed E-state index contributed by atoms with van der Waals surface area (Å²) in [6.07, 6.45) is 0. The van der Waals surface area contributed by atoms with E-state index in [0.29, 0.717) is 0 Å². The lowest BCUT2D eigenvalue weighted by Crippen LogP contribution is -2.22. The van der Waals surface area contributed by atoms with Crippen LogP contribution in [-0.2, 0) is 0 Å². The summed E-state index contributed by atoms with van der Waals surface area (Å²) in [7, 11) is 3.80. The van der Waals surface area contributed by atoms with Crippen molar-refractivity contribution in [3.8, 4) is 17.6 Å². The van der Waals surface area contributed by atoms with Crippen LogP contribution in [0.15, 0.2) is 18.2 Å². The fraction of sp³-hybridized carbons (Fsp3) is 0.333. The third-order valence-electron chi connectivity index (χ3n) is 2.17. The van der Waals surface area contributed by atoms with Crippen LogP contribution >= 0.6 is 0 Å². The number of benzene rings is 1. The van der Waals surface area contributed by atoms with Gasteiger partial charge in [-0.1, -0.05) is 17.9 Å². The molecule has 2 nitrogen and oxygen atoms in total. The Bertz CT molecular complexity index is 404. The Labute approximate surface area is 89.3 Å². The van der Waals surface area contributed by atoms with Gasteiger partial charge < -0.3 is 5.11 Å². The van der Waals surface area contributed by atoms with Gasteiger partial charge in [-0.05, 0) is 33.2 Å². The quantitative estimate of drug-likeness (QED) is 0.710. The largest absolute Gasteiger partial charge is 0.505 e. The molecule has 0 aliphatic carbocycles. The standard InChI is InChI=1S/C12H14FNO/c1-9(14(2)3)7-8-10-5-4-6-11(15)12(10)13/h4-6,9,15H,1-3H3. The van der Waals surface area contributed by atoms with Gasteiger partial charge in [0, 0.05) is 0 Å². The average Bonchev–Trinajstić information content (AvgIpc) is 2.19. The number of hydrogen-bond donors (Lipinski definition) is 1. The van der Waals surface area contributed by atoms with E-state index in [1.165, 1.54) is 6.07 Å². The topological polar surface area (TPSA) is 23.5 Å². The first kappa shape index (κ1) is 11.5. The fourth-order valence-corrected chi connectivity index (χ4v) is 0.928. The maximum atomic E-state index is 13.3. The molecular weight excluding hydrogens is 193 g/mol. The molecule has 0 saturated carbocycles. The van der Waals surface area contributed by atoms with Gasteiger partial charge in [0.25, 0.3) is 0 Å². The van der Waals surface area contributed by atoms with E-state index in [-0.39, 0.29) is 17.4 Å². The Morgan fingerprint density at radius 1 is 1.40 bits per heavy atom. The third kappa shape index (κ3) is 2.97. The first-order valence-electron chi connectivity index (χ1n) is 4.68. The van der Waals surface area contributed by atoms with Crippen molar-refractivity contribution in [2.45, 2.75) is 13.0 Å². The molecule has 3 heteroatoms. The molecule has 0 fully saturated rings. The lowest BCUT2D eigenvalue weighted by atomic mass is 10.2. The van der Waals surface area contributed by atoms with Crippen molar-refractivity contribution in [3.05, 3.63) is 29.6 Å². The average molecular weight is 207 g/mol. The maximum Gasteiger partial charge on any atom is 0.180 e. The van der Waals surface area contributed by atoms with E-state index >= 15 is 0 Å². The second-order valence-electron chi connectivity index (χ2n) is 3.55. The molecule has 80 valence electrons. The molecule has 0 amide bonds. The minimum absolute atomic E-state index is 0.0479. The van der Waals surface area contributed by atoms with Crippen molar-refractivity contribution in [1.29, 1.82) is 0 Å². The predicted molar refractivity (Wildman–Crippen MR) is 58.1 cm³/mol. The zero-order valence-electron chi connectivity index (χ0n) is 9.08. The van der Waals surface area contributed by atoms with Gasteiger partial charge in [-0.15, -0.1) is 0 Å². The van der Waals surface area contributed by atoms with Crippen molar-refractivity contribution in [2.75, 3.05) is 14.1 Å².